The lowest BCUT2D eigenvalue weighted by molar-refractivity contribution is 0.0621. The Morgan fingerprint density at radius 3 is 2.50 bits per heavy atom. The summed E-state index contributed by atoms with van der Waals surface area (Å²) in [7, 11) is 0. The van der Waals surface area contributed by atoms with E-state index >= 15 is 0 Å². The first kappa shape index (κ1) is 20.5. The highest BCUT2D eigenvalue weighted by atomic mass is 32.1. The minimum absolute atomic E-state index is 0.125. The molecule has 1 saturated heterocycles. The number of halogens is 1. The van der Waals surface area contributed by atoms with Crippen molar-refractivity contribution in [1.29, 1.82) is 0 Å². The number of amides is 1. The van der Waals surface area contributed by atoms with Crippen LogP contribution in [-0.4, -0.2) is 56.7 Å². The predicted molar refractivity (Wildman–Crippen MR) is 122 cm³/mol. The molecule has 1 fully saturated rings. The lowest BCUT2D eigenvalue weighted by Gasteiger charge is -2.34. The second kappa shape index (κ2) is 9.02. The summed E-state index contributed by atoms with van der Waals surface area (Å²) in [6, 6.07) is 18.2. The fourth-order valence-corrected chi connectivity index (χ4v) is 4.62. The SMILES string of the molecule is O=C(c1ccn(-c2ccccc2F)n1)N1CCN(Cc2csc(-c3ccccc3)n2)CC1. The van der Waals surface area contributed by atoms with Crippen LogP contribution in [-0.2, 0) is 6.54 Å². The van der Waals surface area contributed by atoms with Crippen molar-refractivity contribution in [3.05, 3.63) is 89.4 Å². The van der Waals surface area contributed by atoms with Crippen LogP contribution in [0.1, 0.15) is 16.2 Å². The fraction of sp³-hybridized carbons (Fsp3) is 0.208. The molecule has 0 aliphatic carbocycles. The van der Waals surface area contributed by atoms with Gasteiger partial charge >= 0.3 is 0 Å². The average Bonchev–Trinajstić information content (AvgIpc) is 3.50. The molecule has 32 heavy (non-hydrogen) atoms. The van der Waals surface area contributed by atoms with Crippen LogP contribution in [0.5, 0.6) is 0 Å². The van der Waals surface area contributed by atoms with Gasteiger partial charge in [-0.25, -0.2) is 14.1 Å². The number of rotatable bonds is 5. The van der Waals surface area contributed by atoms with E-state index in [1.54, 1.807) is 46.7 Å². The smallest absolute Gasteiger partial charge is 0.274 e. The summed E-state index contributed by atoms with van der Waals surface area (Å²) in [5.41, 5.74) is 2.84. The number of carbonyl (C=O) groups excluding carboxylic acids is 1. The molecular formula is C24H22FN5OS. The van der Waals surface area contributed by atoms with Crippen LogP contribution in [0, 0.1) is 5.82 Å². The fourth-order valence-electron chi connectivity index (χ4n) is 3.80. The van der Waals surface area contributed by atoms with E-state index in [1.165, 1.54) is 10.7 Å². The van der Waals surface area contributed by atoms with Crippen molar-refractivity contribution in [3.8, 4) is 16.3 Å². The molecule has 1 amide bonds. The van der Waals surface area contributed by atoms with Crippen LogP contribution in [0.4, 0.5) is 4.39 Å². The highest BCUT2D eigenvalue weighted by Gasteiger charge is 2.24. The van der Waals surface area contributed by atoms with Crippen LogP contribution >= 0.6 is 11.3 Å². The number of para-hydroxylation sites is 1. The van der Waals surface area contributed by atoms with E-state index in [0.29, 0.717) is 24.5 Å². The number of benzene rings is 2. The van der Waals surface area contributed by atoms with E-state index in [9.17, 15) is 9.18 Å². The number of nitrogens with zero attached hydrogens (tertiary/aromatic N) is 5. The first-order valence-electron chi connectivity index (χ1n) is 10.5. The molecule has 6 nitrogen and oxygen atoms in total. The summed E-state index contributed by atoms with van der Waals surface area (Å²) in [5, 5.41) is 7.43. The number of aromatic nitrogens is 3. The van der Waals surface area contributed by atoms with Gasteiger partial charge in [0.15, 0.2) is 5.69 Å². The second-order valence-electron chi connectivity index (χ2n) is 7.68. The molecule has 0 atom stereocenters. The van der Waals surface area contributed by atoms with Gasteiger partial charge in [-0.15, -0.1) is 11.3 Å². The number of thiazole rings is 1. The summed E-state index contributed by atoms with van der Waals surface area (Å²) in [4.78, 5) is 21.8. The third kappa shape index (κ3) is 4.32. The van der Waals surface area contributed by atoms with E-state index in [0.717, 1.165) is 35.9 Å². The summed E-state index contributed by atoms with van der Waals surface area (Å²) in [5.74, 6) is -0.500. The molecule has 0 unspecified atom stereocenters. The largest absolute Gasteiger partial charge is 0.335 e. The first-order valence-corrected chi connectivity index (χ1v) is 11.4. The topological polar surface area (TPSA) is 54.3 Å². The van der Waals surface area contributed by atoms with Gasteiger partial charge < -0.3 is 4.90 Å². The summed E-state index contributed by atoms with van der Waals surface area (Å²) >= 11 is 1.66. The number of carbonyl (C=O) groups is 1. The third-order valence-electron chi connectivity index (χ3n) is 5.53. The Balaban J connectivity index is 1.18. The third-order valence-corrected chi connectivity index (χ3v) is 6.47. The van der Waals surface area contributed by atoms with E-state index < -0.39 is 0 Å². The molecule has 0 spiro atoms. The van der Waals surface area contributed by atoms with Crippen LogP contribution in [0.3, 0.4) is 0 Å². The van der Waals surface area contributed by atoms with Crippen LogP contribution in [0.25, 0.3) is 16.3 Å². The zero-order valence-corrected chi connectivity index (χ0v) is 18.2. The van der Waals surface area contributed by atoms with Gasteiger partial charge in [-0.3, -0.25) is 9.69 Å². The Hall–Kier alpha value is -3.36. The second-order valence-corrected chi connectivity index (χ2v) is 8.53. The molecule has 4 aromatic rings. The molecule has 3 heterocycles. The van der Waals surface area contributed by atoms with E-state index in [2.05, 4.69) is 27.5 Å². The highest BCUT2D eigenvalue weighted by Crippen LogP contribution is 2.24. The summed E-state index contributed by atoms with van der Waals surface area (Å²) in [6.45, 7) is 3.57. The lowest BCUT2D eigenvalue weighted by Crippen LogP contribution is -2.48. The summed E-state index contributed by atoms with van der Waals surface area (Å²) < 4.78 is 15.4. The predicted octanol–water partition coefficient (Wildman–Crippen LogP) is 4.09. The molecular weight excluding hydrogens is 425 g/mol. The standard InChI is InChI=1S/C24H22FN5OS/c25-20-8-4-5-9-22(20)30-11-10-21(27-30)24(31)29-14-12-28(13-15-29)16-19-17-32-23(26-19)18-6-2-1-3-7-18/h1-11,17H,12-16H2. The number of hydrogen-bond acceptors (Lipinski definition) is 5. The van der Waals surface area contributed by atoms with Crippen LogP contribution in [0.2, 0.25) is 0 Å². The van der Waals surface area contributed by atoms with Gasteiger partial charge in [0.1, 0.15) is 16.5 Å². The van der Waals surface area contributed by atoms with Gasteiger partial charge in [0.05, 0.1) is 5.69 Å². The van der Waals surface area contributed by atoms with Gasteiger partial charge in [0.2, 0.25) is 0 Å². The van der Waals surface area contributed by atoms with Crippen molar-refractivity contribution in [2.75, 3.05) is 26.2 Å². The first-order chi connectivity index (χ1) is 15.7. The monoisotopic (exact) mass is 447 g/mol. The molecule has 162 valence electrons. The van der Waals surface area contributed by atoms with E-state index in [4.69, 9.17) is 4.98 Å². The molecule has 2 aromatic carbocycles. The zero-order chi connectivity index (χ0) is 21.9. The Morgan fingerprint density at radius 1 is 0.969 bits per heavy atom. The molecule has 8 heteroatoms. The number of hydrogen-bond donors (Lipinski definition) is 0. The Labute approximate surface area is 189 Å². The zero-order valence-electron chi connectivity index (χ0n) is 17.4. The highest BCUT2D eigenvalue weighted by molar-refractivity contribution is 7.13. The molecule has 5 rings (SSSR count). The van der Waals surface area contributed by atoms with Gasteiger partial charge in [-0.05, 0) is 18.2 Å². The van der Waals surface area contributed by atoms with Crippen molar-refractivity contribution in [3.63, 3.8) is 0 Å². The van der Waals surface area contributed by atoms with Crippen molar-refractivity contribution in [2.45, 2.75) is 6.54 Å². The molecule has 0 saturated carbocycles. The van der Waals surface area contributed by atoms with Gasteiger partial charge in [0, 0.05) is 49.9 Å². The quantitative estimate of drug-likeness (QED) is 0.462. The Bertz CT molecular complexity index is 1210. The van der Waals surface area contributed by atoms with Crippen molar-refractivity contribution in [1.82, 2.24) is 24.6 Å². The Kier molecular flexibility index (Phi) is 5.79. The van der Waals surface area contributed by atoms with Crippen LogP contribution < -0.4 is 0 Å². The maximum atomic E-state index is 14.0. The maximum Gasteiger partial charge on any atom is 0.274 e. The van der Waals surface area contributed by atoms with Gasteiger partial charge in [-0.2, -0.15) is 5.10 Å². The van der Waals surface area contributed by atoms with Gasteiger partial charge in [0.25, 0.3) is 5.91 Å². The normalized spacial score (nSPS) is 14.6. The van der Waals surface area contributed by atoms with Crippen LogP contribution in [0.15, 0.2) is 72.2 Å². The number of piperazine rings is 1. The van der Waals surface area contributed by atoms with E-state index in [1.807, 2.05) is 18.2 Å². The minimum atomic E-state index is -0.374. The van der Waals surface area contributed by atoms with Gasteiger partial charge in [-0.1, -0.05) is 42.5 Å². The molecule has 0 bridgehead atoms. The summed E-state index contributed by atoms with van der Waals surface area (Å²) in [6.07, 6.45) is 1.62. The molecule has 0 radical (unpaired) electrons. The Morgan fingerprint density at radius 2 is 1.72 bits per heavy atom. The lowest BCUT2D eigenvalue weighted by atomic mass is 10.2. The molecule has 1 aliphatic heterocycles. The van der Waals surface area contributed by atoms with Crippen molar-refractivity contribution in [2.24, 2.45) is 0 Å². The van der Waals surface area contributed by atoms with E-state index in [-0.39, 0.29) is 11.7 Å². The molecule has 2 aromatic heterocycles. The van der Waals surface area contributed by atoms with Crippen molar-refractivity contribution >= 4 is 17.2 Å². The maximum absolute atomic E-state index is 14.0. The van der Waals surface area contributed by atoms with Crippen molar-refractivity contribution < 1.29 is 9.18 Å². The average molecular weight is 448 g/mol. The minimum Gasteiger partial charge on any atom is -0.335 e. The molecule has 0 N–H and O–H groups in total. The molecule has 1 aliphatic rings.